The van der Waals surface area contributed by atoms with Crippen molar-refractivity contribution in [3.8, 4) is 0 Å². The van der Waals surface area contributed by atoms with Crippen LogP contribution < -0.4 is 0 Å². The summed E-state index contributed by atoms with van der Waals surface area (Å²) in [5.41, 5.74) is 2.81. The Morgan fingerprint density at radius 3 is 2.33 bits per heavy atom. The molecule has 1 aromatic carbocycles. The van der Waals surface area contributed by atoms with E-state index in [0.717, 1.165) is 19.6 Å². The summed E-state index contributed by atoms with van der Waals surface area (Å²) in [6, 6.07) is 8.46. The third kappa shape index (κ3) is 2.37. The highest BCUT2D eigenvalue weighted by Gasteiger charge is 2.06. The molecule has 0 radical (unpaired) electrons. The number of halogens is 2. The molecule has 0 saturated carbocycles. The van der Waals surface area contributed by atoms with Crippen molar-refractivity contribution in [1.82, 2.24) is 0 Å². The van der Waals surface area contributed by atoms with Crippen LogP contribution in [0, 0.1) is 0 Å². The highest BCUT2D eigenvalue weighted by Crippen LogP contribution is 2.14. The Kier molecular flexibility index (Phi) is 5.31. The van der Waals surface area contributed by atoms with Crippen molar-refractivity contribution in [2.75, 3.05) is 6.61 Å². The summed E-state index contributed by atoms with van der Waals surface area (Å²) in [6.45, 7) is 1.69. The average Bonchev–Trinajstić information content (AvgIpc) is 2.05. The van der Waals surface area contributed by atoms with Crippen LogP contribution in [0.5, 0.6) is 0 Å². The maximum atomic E-state index is 5.30. The van der Waals surface area contributed by atoms with Gasteiger partial charge < -0.3 is 4.74 Å². The molecule has 1 aliphatic heterocycles. The van der Waals surface area contributed by atoms with E-state index >= 15 is 0 Å². The van der Waals surface area contributed by atoms with Crippen molar-refractivity contribution in [2.45, 2.75) is 13.0 Å². The first-order valence-corrected chi connectivity index (χ1v) is 3.61. The van der Waals surface area contributed by atoms with Crippen LogP contribution in [0.2, 0.25) is 0 Å². The molecular weight excluding hydrogens is 195 g/mol. The first kappa shape index (κ1) is 11.8. The largest absolute Gasteiger partial charge is 0.376 e. The summed E-state index contributed by atoms with van der Waals surface area (Å²) in [4.78, 5) is 0. The molecule has 0 bridgehead atoms. The summed E-state index contributed by atoms with van der Waals surface area (Å²) >= 11 is 0. The van der Waals surface area contributed by atoms with Gasteiger partial charge in [0.05, 0.1) is 13.2 Å². The Balaban J connectivity index is 0.000000605. The third-order valence-electron chi connectivity index (χ3n) is 1.89. The second-order valence-electron chi connectivity index (χ2n) is 2.57. The Bertz CT molecular complexity index is 213. The van der Waals surface area contributed by atoms with E-state index in [2.05, 4.69) is 24.3 Å². The molecular formula is C9H12Cl2O. The van der Waals surface area contributed by atoms with E-state index in [1.165, 1.54) is 11.1 Å². The van der Waals surface area contributed by atoms with Crippen LogP contribution in [0.4, 0.5) is 0 Å². The number of ether oxygens (including phenoxy) is 1. The van der Waals surface area contributed by atoms with Crippen LogP contribution in [0.25, 0.3) is 0 Å². The molecule has 0 spiro atoms. The Morgan fingerprint density at radius 1 is 1.00 bits per heavy atom. The van der Waals surface area contributed by atoms with Crippen molar-refractivity contribution >= 4 is 24.8 Å². The molecule has 1 nitrogen and oxygen atoms in total. The summed E-state index contributed by atoms with van der Waals surface area (Å²) in [7, 11) is 0. The van der Waals surface area contributed by atoms with Crippen LogP contribution in [0.15, 0.2) is 24.3 Å². The lowest BCUT2D eigenvalue weighted by molar-refractivity contribution is 0.111. The number of hydrogen-bond donors (Lipinski definition) is 0. The molecule has 1 aliphatic rings. The molecule has 3 heteroatoms. The van der Waals surface area contributed by atoms with Crippen LogP contribution in [0.1, 0.15) is 11.1 Å². The van der Waals surface area contributed by atoms with E-state index in [1.54, 1.807) is 0 Å². The highest BCUT2D eigenvalue weighted by atomic mass is 35.5. The fourth-order valence-corrected chi connectivity index (χ4v) is 1.31. The number of hydrogen-bond acceptors (Lipinski definition) is 1. The van der Waals surface area contributed by atoms with E-state index in [-0.39, 0.29) is 24.8 Å². The second-order valence-corrected chi connectivity index (χ2v) is 2.57. The van der Waals surface area contributed by atoms with Gasteiger partial charge in [-0.05, 0) is 17.5 Å². The molecule has 1 heterocycles. The molecule has 0 unspecified atom stereocenters. The predicted octanol–water partition coefficient (Wildman–Crippen LogP) is 2.60. The topological polar surface area (TPSA) is 9.23 Å². The van der Waals surface area contributed by atoms with Gasteiger partial charge in [0.15, 0.2) is 0 Å². The Hall–Kier alpha value is -0.240. The van der Waals surface area contributed by atoms with Crippen LogP contribution in [0.3, 0.4) is 0 Å². The van der Waals surface area contributed by atoms with Gasteiger partial charge in [-0.3, -0.25) is 0 Å². The lowest BCUT2D eigenvalue weighted by Crippen LogP contribution is -2.08. The van der Waals surface area contributed by atoms with E-state index in [1.807, 2.05) is 0 Å². The molecule has 68 valence electrons. The smallest absolute Gasteiger partial charge is 0.0719 e. The zero-order valence-electron chi connectivity index (χ0n) is 6.66. The number of rotatable bonds is 0. The second kappa shape index (κ2) is 5.41. The van der Waals surface area contributed by atoms with Crippen molar-refractivity contribution < 1.29 is 4.74 Å². The zero-order chi connectivity index (χ0) is 6.81. The van der Waals surface area contributed by atoms with Crippen LogP contribution in [-0.4, -0.2) is 6.61 Å². The summed E-state index contributed by atoms with van der Waals surface area (Å²) in [5.74, 6) is 0. The van der Waals surface area contributed by atoms with Crippen molar-refractivity contribution in [3.05, 3.63) is 35.4 Å². The van der Waals surface area contributed by atoms with Crippen LogP contribution in [-0.2, 0) is 17.8 Å². The van der Waals surface area contributed by atoms with E-state index < -0.39 is 0 Å². The zero-order valence-corrected chi connectivity index (χ0v) is 8.29. The third-order valence-corrected chi connectivity index (χ3v) is 1.89. The molecule has 2 rings (SSSR count). The van der Waals surface area contributed by atoms with Gasteiger partial charge in [-0.1, -0.05) is 24.3 Å². The van der Waals surface area contributed by atoms with E-state index in [4.69, 9.17) is 4.74 Å². The van der Waals surface area contributed by atoms with Gasteiger partial charge in [0, 0.05) is 0 Å². The first-order chi connectivity index (χ1) is 4.97. The molecule has 12 heavy (non-hydrogen) atoms. The summed E-state index contributed by atoms with van der Waals surface area (Å²) < 4.78 is 5.30. The fourth-order valence-electron chi connectivity index (χ4n) is 1.31. The van der Waals surface area contributed by atoms with Crippen molar-refractivity contribution in [1.29, 1.82) is 0 Å². The van der Waals surface area contributed by atoms with E-state index in [9.17, 15) is 0 Å². The number of benzene rings is 1. The highest BCUT2D eigenvalue weighted by molar-refractivity contribution is 5.85. The lowest BCUT2D eigenvalue weighted by Gasteiger charge is -2.14. The maximum Gasteiger partial charge on any atom is 0.0719 e. The van der Waals surface area contributed by atoms with Crippen LogP contribution >= 0.6 is 24.8 Å². The first-order valence-electron chi connectivity index (χ1n) is 3.61. The molecule has 1 aromatic rings. The predicted molar refractivity (Wildman–Crippen MR) is 54.3 cm³/mol. The Morgan fingerprint density at radius 2 is 1.67 bits per heavy atom. The summed E-state index contributed by atoms with van der Waals surface area (Å²) in [6.07, 6.45) is 1.08. The van der Waals surface area contributed by atoms with E-state index in [0.29, 0.717) is 0 Å². The van der Waals surface area contributed by atoms with Gasteiger partial charge in [0.25, 0.3) is 0 Å². The minimum Gasteiger partial charge on any atom is -0.376 e. The van der Waals surface area contributed by atoms with Crippen molar-refractivity contribution in [3.63, 3.8) is 0 Å². The molecule has 0 amide bonds. The molecule has 0 aliphatic carbocycles. The standard InChI is InChI=1S/C9H10O.2ClH/c1-2-4-9-7-10-6-5-8(9)3-1;;/h1-4H,5-7H2;2*1H. The molecule has 0 aromatic heterocycles. The normalized spacial score (nSPS) is 13.7. The molecule has 0 saturated heterocycles. The molecule has 0 N–H and O–H groups in total. The summed E-state index contributed by atoms with van der Waals surface area (Å²) in [5, 5.41) is 0. The number of fused-ring (bicyclic) bond motifs is 1. The van der Waals surface area contributed by atoms with Gasteiger partial charge in [-0.2, -0.15) is 0 Å². The SMILES string of the molecule is Cl.Cl.c1ccc2c(c1)CCOC2. The molecule has 0 atom stereocenters. The molecule has 0 fully saturated rings. The van der Waals surface area contributed by atoms with Gasteiger partial charge in [-0.25, -0.2) is 0 Å². The average molecular weight is 207 g/mol. The minimum atomic E-state index is 0. The fraction of sp³-hybridized carbons (Fsp3) is 0.333. The van der Waals surface area contributed by atoms with Gasteiger partial charge in [0.2, 0.25) is 0 Å². The maximum absolute atomic E-state index is 5.30. The Labute approximate surface area is 84.9 Å². The van der Waals surface area contributed by atoms with Gasteiger partial charge in [0.1, 0.15) is 0 Å². The quantitative estimate of drug-likeness (QED) is 0.635. The van der Waals surface area contributed by atoms with Gasteiger partial charge in [-0.15, -0.1) is 24.8 Å². The minimum absolute atomic E-state index is 0. The van der Waals surface area contributed by atoms with Crippen molar-refractivity contribution in [2.24, 2.45) is 0 Å². The van der Waals surface area contributed by atoms with Gasteiger partial charge >= 0.3 is 0 Å². The lowest BCUT2D eigenvalue weighted by atomic mass is 10.0. The monoisotopic (exact) mass is 206 g/mol.